The fourth-order valence-corrected chi connectivity index (χ4v) is 3.26. The van der Waals surface area contributed by atoms with Gasteiger partial charge in [0.05, 0.1) is 35.5 Å². The second-order valence-corrected chi connectivity index (χ2v) is 6.66. The van der Waals surface area contributed by atoms with Gasteiger partial charge in [-0.2, -0.15) is 10.2 Å². The molecule has 136 valence electrons. The first kappa shape index (κ1) is 16.5. The highest BCUT2D eigenvalue weighted by Crippen LogP contribution is 2.27. The van der Waals surface area contributed by atoms with Gasteiger partial charge in [0.15, 0.2) is 5.65 Å². The summed E-state index contributed by atoms with van der Waals surface area (Å²) in [5, 5.41) is 15.4. The van der Waals surface area contributed by atoms with Gasteiger partial charge in [-0.15, -0.1) is 0 Å². The lowest BCUT2D eigenvalue weighted by atomic mass is 10.1. The number of primary amides is 1. The van der Waals surface area contributed by atoms with Gasteiger partial charge in [0.1, 0.15) is 0 Å². The summed E-state index contributed by atoms with van der Waals surface area (Å²) >= 11 is 0. The monoisotopic (exact) mass is 354 g/mol. The van der Waals surface area contributed by atoms with E-state index < -0.39 is 5.91 Å². The molecule has 9 nitrogen and oxygen atoms in total. The highest BCUT2D eigenvalue weighted by Gasteiger charge is 2.26. The van der Waals surface area contributed by atoms with E-state index in [4.69, 9.17) is 10.7 Å². The molecule has 1 aliphatic heterocycles. The van der Waals surface area contributed by atoms with Gasteiger partial charge < -0.3 is 16.4 Å². The molecular weight excluding hydrogens is 332 g/mol. The summed E-state index contributed by atoms with van der Waals surface area (Å²) in [5.74, 6) is -0.0920. The van der Waals surface area contributed by atoms with Crippen molar-refractivity contribution >= 4 is 17.2 Å². The van der Waals surface area contributed by atoms with Crippen molar-refractivity contribution in [1.82, 2.24) is 29.7 Å². The molecule has 4 heterocycles. The molecule has 0 unspecified atom stereocenters. The van der Waals surface area contributed by atoms with E-state index in [2.05, 4.69) is 27.8 Å². The number of anilines is 1. The molecule has 26 heavy (non-hydrogen) atoms. The number of imidazole rings is 1. The van der Waals surface area contributed by atoms with E-state index in [0.29, 0.717) is 22.8 Å². The summed E-state index contributed by atoms with van der Waals surface area (Å²) in [5.41, 5.74) is 8.78. The quantitative estimate of drug-likeness (QED) is 0.622. The number of nitrogens with two attached hydrogens (primary N) is 1. The van der Waals surface area contributed by atoms with Crippen LogP contribution in [0, 0.1) is 5.92 Å². The number of carbonyl (C=O) groups excluding carboxylic acids is 1. The third kappa shape index (κ3) is 2.80. The molecule has 4 rings (SSSR count). The Morgan fingerprint density at radius 2 is 2.19 bits per heavy atom. The van der Waals surface area contributed by atoms with Gasteiger partial charge in [0.25, 0.3) is 5.91 Å². The molecule has 1 saturated heterocycles. The number of hydrogen-bond donors (Lipinski definition) is 3. The second-order valence-electron chi connectivity index (χ2n) is 6.66. The van der Waals surface area contributed by atoms with Crippen LogP contribution in [0.1, 0.15) is 24.2 Å². The van der Waals surface area contributed by atoms with Crippen LogP contribution in [0.25, 0.3) is 16.9 Å². The number of nitrogens with zero attached hydrogens (tertiary/aromatic N) is 5. The summed E-state index contributed by atoms with van der Waals surface area (Å²) in [6, 6.07) is 0.197. The van der Waals surface area contributed by atoms with Crippen LogP contribution < -0.4 is 16.4 Å². The highest BCUT2D eigenvalue weighted by molar-refractivity contribution is 6.01. The molecule has 1 aliphatic rings. The Hall–Kier alpha value is -2.94. The second kappa shape index (κ2) is 6.41. The van der Waals surface area contributed by atoms with E-state index in [0.717, 1.165) is 30.9 Å². The lowest BCUT2D eigenvalue weighted by molar-refractivity contribution is 0.100. The molecule has 2 atom stereocenters. The number of aryl methyl sites for hydroxylation is 1. The average molecular weight is 354 g/mol. The van der Waals surface area contributed by atoms with Crippen molar-refractivity contribution in [2.45, 2.75) is 26.4 Å². The van der Waals surface area contributed by atoms with E-state index in [9.17, 15) is 4.79 Å². The zero-order valence-corrected chi connectivity index (χ0v) is 14.8. The predicted octanol–water partition coefficient (Wildman–Crippen LogP) is 0.731. The summed E-state index contributed by atoms with van der Waals surface area (Å²) in [6.45, 7) is 6.73. The van der Waals surface area contributed by atoms with Crippen LogP contribution in [0.5, 0.6) is 0 Å². The molecule has 0 radical (unpaired) electrons. The normalized spacial score (nSPS) is 19.9. The zero-order chi connectivity index (χ0) is 18.3. The van der Waals surface area contributed by atoms with Gasteiger partial charge in [0, 0.05) is 30.9 Å². The van der Waals surface area contributed by atoms with E-state index in [1.54, 1.807) is 10.7 Å². The van der Waals surface area contributed by atoms with Gasteiger partial charge in [0.2, 0.25) is 0 Å². The first-order valence-corrected chi connectivity index (χ1v) is 8.75. The molecule has 0 aromatic carbocycles. The first-order chi connectivity index (χ1) is 12.6. The number of hydrogen-bond acceptors (Lipinski definition) is 6. The lowest BCUT2D eigenvalue weighted by Crippen LogP contribution is -2.29. The molecule has 1 fully saturated rings. The third-order valence-corrected chi connectivity index (χ3v) is 4.86. The van der Waals surface area contributed by atoms with Crippen LogP contribution in [-0.4, -0.2) is 49.4 Å². The standard InChI is InChI=1S/C17H22N8O/c1-3-24-8-11(5-20-24)14-9-25-17(23-14)15(12(6-21-25)16(18)26)22-13-7-19-4-10(13)2/h5-6,8-10,13,19,22H,3-4,7H2,1-2H3,(H2,18,26)/t10-,13-/m1/s1. The molecule has 0 aliphatic carbocycles. The Morgan fingerprint density at radius 1 is 1.35 bits per heavy atom. The van der Waals surface area contributed by atoms with Crippen LogP contribution >= 0.6 is 0 Å². The number of rotatable bonds is 5. The van der Waals surface area contributed by atoms with Gasteiger partial charge in [-0.25, -0.2) is 9.50 Å². The Labute approximate surface area is 150 Å². The molecule has 9 heteroatoms. The molecule has 0 bridgehead atoms. The van der Waals surface area contributed by atoms with E-state index in [1.807, 2.05) is 24.0 Å². The summed E-state index contributed by atoms with van der Waals surface area (Å²) in [7, 11) is 0. The van der Waals surface area contributed by atoms with Crippen LogP contribution in [0.4, 0.5) is 5.69 Å². The number of carbonyl (C=O) groups is 1. The van der Waals surface area contributed by atoms with Crippen molar-refractivity contribution in [2.75, 3.05) is 18.4 Å². The SMILES string of the molecule is CCn1cc(-c2cn3ncc(C(N)=O)c(N[C@@H]4CNC[C@H]4C)c3n2)cn1. The van der Waals surface area contributed by atoms with Crippen molar-refractivity contribution in [3.05, 3.63) is 30.4 Å². The average Bonchev–Trinajstić information content (AvgIpc) is 3.34. The fraction of sp³-hybridized carbons (Fsp3) is 0.412. The van der Waals surface area contributed by atoms with Crippen LogP contribution in [-0.2, 0) is 6.54 Å². The topological polar surface area (TPSA) is 115 Å². The van der Waals surface area contributed by atoms with Crippen molar-refractivity contribution in [3.63, 3.8) is 0 Å². The zero-order valence-electron chi connectivity index (χ0n) is 14.8. The van der Waals surface area contributed by atoms with Crippen LogP contribution in [0.15, 0.2) is 24.8 Å². The molecular formula is C17H22N8O. The molecule has 1 amide bonds. The minimum absolute atomic E-state index is 0.197. The maximum Gasteiger partial charge on any atom is 0.252 e. The van der Waals surface area contributed by atoms with Gasteiger partial charge >= 0.3 is 0 Å². The maximum absolute atomic E-state index is 11.9. The Morgan fingerprint density at radius 3 is 2.85 bits per heavy atom. The Bertz CT molecular complexity index is 959. The third-order valence-electron chi connectivity index (χ3n) is 4.86. The smallest absolute Gasteiger partial charge is 0.252 e. The highest BCUT2D eigenvalue weighted by atomic mass is 16.1. The van der Waals surface area contributed by atoms with E-state index in [1.165, 1.54) is 6.20 Å². The number of nitrogens with one attached hydrogen (secondary N) is 2. The molecule has 0 saturated carbocycles. The minimum Gasteiger partial charge on any atom is -0.377 e. The van der Waals surface area contributed by atoms with Gasteiger partial charge in [-0.05, 0) is 19.4 Å². The predicted molar refractivity (Wildman–Crippen MR) is 97.8 cm³/mol. The lowest BCUT2D eigenvalue weighted by Gasteiger charge is -2.19. The number of aromatic nitrogens is 5. The van der Waals surface area contributed by atoms with E-state index >= 15 is 0 Å². The minimum atomic E-state index is -0.524. The summed E-state index contributed by atoms with van der Waals surface area (Å²) < 4.78 is 3.51. The van der Waals surface area contributed by atoms with Crippen molar-refractivity contribution in [1.29, 1.82) is 0 Å². The molecule has 0 spiro atoms. The molecule has 3 aromatic rings. The molecule has 4 N–H and O–H groups in total. The summed E-state index contributed by atoms with van der Waals surface area (Å²) in [6.07, 6.45) is 7.04. The summed E-state index contributed by atoms with van der Waals surface area (Å²) in [4.78, 5) is 16.6. The van der Waals surface area contributed by atoms with Crippen molar-refractivity contribution in [2.24, 2.45) is 11.7 Å². The Balaban J connectivity index is 1.80. The van der Waals surface area contributed by atoms with Gasteiger partial charge in [-0.3, -0.25) is 9.48 Å². The Kier molecular flexibility index (Phi) is 4.08. The fourth-order valence-electron chi connectivity index (χ4n) is 3.26. The number of fused-ring (bicyclic) bond motifs is 1. The first-order valence-electron chi connectivity index (χ1n) is 8.75. The van der Waals surface area contributed by atoms with Gasteiger partial charge in [-0.1, -0.05) is 6.92 Å². The van der Waals surface area contributed by atoms with Crippen LogP contribution in [0.2, 0.25) is 0 Å². The maximum atomic E-state index is 11.9. The van der Waals surface area contributed by atoms with Crippen molar-refractivity contribution in [3.8, 4) is 11.3 Å². The number of amides is 1. The van der Waals surface area contributed by atoms with Crippen LogP contribution in [0.3, 0.4) is 0 Å². The van der Waals surface area contributed by atoms with Crippen molar-refractivity contribution < 1.29 is 4.79 Å². The van der Waals surface area contributed by atoms with E-state index in [-0.39, 0.29) is 6.04 Å². The molecule has 3 aromatic heterocycles. The largest absolute Gasteiger partial charge is 0.377 e.